The highest BCUT2D eigenvalue weighted by atomic mass is 16.3. The molecule has 1 aliphatic rings. The zero-order valence-corrected chi connectivity index (χ0v) is 43.8. The van der Waals surface area contributed by atoms with Crippen molar-refractivity contribution in [3.05, 3.63) is 162 Å². The molecule has 3 heterocycles. The van der Waals surface area contributed by atoms with Gasteiger partial charge < -0.3 is 9.52 Å². The third-order valence-corrected chi connectivity index (χ3v) is 15.5. The van der Waals surface area contributed by atoms with Crippen LogP contribution < -0.4 is 0 Å². The fourth-order valence-corrected chi connectivity index (χ4v) is 11.2. The Morgan fingerprint density at radius 3 is 1.99 bits per heavy atom. The zero-order valence-electron chi connectivity index (χ0n) is 43.8. The first-order valence-corrected chi connectivity index (χ1v) is 25.4. The molecule has 0 radical (unpaired) electrons. The van der Waals surface area contributed by atoms with E-state index in [2.05, 4.69) is 210 Å². The van der Waals surface area contributed by atoms with Crippen LogP contribution in [0.2, 0.25) is 0 Å². The number of fused-ring (bicyclic) bond motifs is 7. The molecule has 0 saturated heterocycles. The first-order chi connectivity index (χ1) is 33.5. The van der Waals surface area contributed by atoms with Gasteiger partial charge in [0.2, 0.25) is 0 Å². The number of hydrogen-bond acceptors (Lipinski definition) is 5. The molecule has 6 heteroatoms. The second-order valence-corrected chi connectivity index (χ2v) is 24.6. The van der Waals surface area contributed by atoms with Crippen LogP contribution in [0, 0.1) is 0 Å². The molecule has 0 saturated carbocycles. The van der Waals surface area contributed by atoms with E-state index in [-0.39, 0.29) is 32.8 Å². The molecule has 3 aromatic heterocycles. The number of hydrogen-bond donors (Lipinski definition) is 1. The summed E-state index contributed by atoms with van der Waals surface area (Å²) in [6.45, 7) is 29.4. The van der Waals surface area contributed by atoms with Crippen molar-refractivity contribution in [1.82, 2.24) is 19.5 Å². The molecule has 6 nitrogen and oxygen atoms in total. The average Bonchev–Trinajstić information content (AvgIpc) is 3.90. The predicted molar refractivity (Wildman–Crippen MR) is 296 cm³/mol. The van der Waals surface area contributed by atoms with Gasteiger partial charge in [-0.15, -0.1) is 0 Å². The Morgan fingerprint density at radius 2 is 1.25 bits per heavy atom. The molecule has 0 aliphatic heterocycles. The number of phenols is 1. The van der Waals surface area contributed by atoms with E-state index in [0.717, 1.165) is 107 Å². The Kier molecular flexibility index (Phi) is 10.4. The molecule has 0 fully saturated rings. The van der Waals surface area contributed by atoms with Crippen LogP contribution in [0.15, 0.2) is 138 Å². The molecule has 7 aromatic carbocycles. The van der Waals surface area contributed by atoms with E-state index in [0.29, 0.717) is 11.4 Å². The monoisotopic (exact) mass is 935 g/mol. The van der Waals surface area contributed by atoms with Crippen molar-refractivity contribution >= 4 is 43.9 Å². The Morgan fingerprint density at radius 1 is 0.549 bits per heavy atom. The zero-order chi connectivity index (χ0) is 50.2. The highest BCUT2D eigenvalue weighted by Crippen LogP contribution is 2.51. The Labute approximate surface area is 418 Å². The third kappa shape index (κ3) is 7.64. The van der Waals surface area contributed by atoms with Gasteiger partial charge in [0, 0.05) is 38.4 Å². The van der Waals surface area contributed by atoms with Crippen LogP contribution >= 0.6 is 0 Å². The summed E-state index contributed by atoms with van der Waals surface area (Å²) in [6, 6.07) is 45.7. The molecule has 1 aliphatic carbocycles. The average molecular weight is 935 g/mol. The number of furan rings is 1. The van der Waals surface area contributed by atoms with E-state index in [1.807, 2.05) is 12.1 Å². The maximum atomic E-state index is 12.7. The molecule has 71 heavy (non-hydrogen) atoms. The molecule has 0 amide bonds. The predicted octanol–water partition coefficient (Wildman–Crippen LogP) is 17.5. The highest BCUT2D eigenvalue weighted by Gasteiger charge is 2.39. The molecule has 358 valence electrons. The van der Waals surface area contributed by atoms with Crippen LogP contribution in [0.4, 0.5) is 0 Å². The molecule has 11 rings (SSSR count). The Bertz CT molecular complexity index is 3770. The fraction of sp³-hybridized carbons (Fsp3) is 0.308. The summed E-state index contributed by atoms with van der Waals surface area (Å²) in [7, 11) is 0. The molecule has 0 bridgehead atoms. The standard InChI is InChI=1S/C65H66N4O2/c1-61(2,3)40-26-29-51(45(34-40)38-20-15-14-16-21-38)69-52-24-19-23-42(56(52)68-60(69)48-35-41(62(4,5)6)36-50(58(48)70)63(7,8)9)39-32-46-43-22-17-18-25-53(43)71-59(46)47(33-39)55-44-27-28-49-54(57(44)67-37-66-55)65(12,13)31-30-64(49,10)11/h14-29,32-37,70H,30-31H2,1-13H3. The van der Waals surface area contributed by atoms with Gasteiger partial charge in [-0.05, 0) is 116 Å². The van der Waals surface area contributed by atoms with E-state index in [9.17, 15) is 5.11 Å². The fourth-order valence-electron chi connectivity index (χ4n) is 11.2. The van der Waals surface area contributed by atoms with Gasteiger partial charge in [-0.25, -0.2) is 15.0 Å². The smallest absolute Gasteiger partial charge is 0.149 e. The van der Waals surface area contributed by atoms with Crippen LogP contribution in [0.5, 0.6) is 5.75 Å². The maximum absolute atomic E-state index is 12.7. The Hall–Kier alpha value is -7.05. The maximum Gasteiger partial charge on any atom is 0.149 e. The number of aromatic hydroxyl groups is 1. The van der Waals surface area contributed by atoms with Crippen molar-refractivity contribution in [2.45, 2.75) is 130 Å². The summed E-state index contributed by atoms with van der Waals surface area (Å²) in [5.74, 6) is 0.920. The van der Waals surface area contributed by atoms with Crippen molar-refractivity contribution in [1.29, 1.82) is 0 Å². The van der Waals surface area contributed by atoms with Gasteiger partial charge in [0.25, 0.3) is 0 Å². The molecule has 10 aromatic rings. The van der Waals surface area contributed by atoms with Crippen LogP contribution in [0.3, 0.4) is 0 Å². The summed E-state index contributed by atoms with van der Waals surface area (Å²) >= 11 is 0. The second-order valence-electron chi connectivity index (χ2n) is 24.6. The quantitative estimate of drug-likeness (QED) is 0.186. The summed E-state index contributed by atoms with van der Waals surface area (Å²) in [4.78, 5) is 16.0. The number of para-hydroxylation sites is 2. The SMILES string of the molecule is CC(C)(C)c1ccc(-n2c(-c3cc(C(C)(C)C)cc(C(C)(C)C)c3O)nc3c(-c4cc(-c5ncnc6c7c(ccc56)C(C)(C)CCC7(C)C)c5oc6ccccc6c5c4)cccc32)c(-c2ccccc2)c1. The van der Waals surface area contributed by atoms with Gasteiger partial charge in [-0.1, -0.05) is 175 Å². The molecule has 0 unspecified atom stereocenters. The first-order valence-electron chi connectivity index (χ1n) is 25.4. The molecule has 0 spiro atoms. The van der Waals surface area contributed by atoms with Crippen molar-refractivity contribution in [2.75, 3.05) is 0 Å². The molecule has 1 N–H and O–H groups in total. The second kappa shape index (κ2) is 16.0. The van der Waals surface area contributed by atoms with Gasteiger partial charge in [-0.3, -0.25) is 4.57 Å². The van der Waals surface area contributed by atoms with Gasteiger partial charge in [0.1, 0.15) is 29.1 Å². The number of rotatable bonds is 5. The molecule has 0 atom stereocenters. The van der Waals surface area contributed by atoms with Crippen LogP contribution in [-0.4, -0.2) is 24.6 Å². The van der Waals surface area contributed by atoms with Gasteiger partial charge in [0.15, 0.2) is 0 Å². The Balaban J connectivity index is 1.25. The minimum absolute atomic E-state index is 0.0344. The van der Waals surface area contributed by atoms with Crippen LogP contribution in [0.25, 0.3) is 94.5 Å². The van der Waals surface area contributed by atoms with E-state index >= 15 is 0 Å². The highest BCUT2D eigenvalue weighted by molar-refractivity contribution is 6.14. The number of aromatic nitrogens is 4. The number of nitrogens with zero attached hydrogens (tertiary/aromatic N) is 4. The minimum Gasteiger partial charge on any atom is -0.507 e. The lowest BCUT2D eigenvalue weighted by Crippen LogP contribution is -2.34. The van der Waals surface area contributed by atoms with Crippen molar-refractivity contribution in [3.8, 4) is 56.3 Å². The van der Waals surface area contributed by atoms with E-state index in [1.54, 1.807) is 6.33 Å². The van der Waals surface area contributed by atoms with Gasteiger partial charge >= 0.3 is 0 Å². The van der Waals surface area contributed by atoms with Crippen molar-refractivity contribution in [2.24, 2.45) is 0 Å². The lowest BCUT2D eigenvalue weighted by molar-refractivity contribution is 0.334. The molecular formula is C65H66N4O2. The topological polar surface area (TPSA) is 77.0 Å². The van der Waals surface area contributed by atoms with Crippen LogP contribution in [0.1, 0.15) is 131 Å². The van der Waals surface area contributed by atoms with Crippen molar-refractivity contribution < 1.29 is 9.52 Å². The summed E-state index contributed by atoms with van der Waals surface area (Å²) in [6.07, 6.45) is 3.94. The number of imidazole rings is 1. The first kappa shape index (κ1) is 46.3. The van der Waals surface area contributed by atoms with Crippen LogP contribution in [-0.2, 0) is 27.1 Å². The normalized spacial score (nSPS) is 15.0. The van der Waals surface area contributed by atoms with E-state index in [1.165, 1.54) is 16.7 Å². The number of benzene rings is 7. The minimum atomic E-state index is -0.346. The van der Waals surface area contributed by atoms with E-state index < -0.39 is 0 Å². The summed E-state index contributed by atoms with van der Waals surface area (Å²) in [5.41, 5.74) is 17.2. The van der Waals surface area contributed by atoms with Gasteiger partial charge in [0.05, 0.1) is 33.5 Å². The molecular weight excluding hydrogens is 869 g/mol. The van der Waals surface area contributed by atoms with Gasteiger partial charge in [-0.2, -0.15) is 0 Å². The van der Waals surface area contributed by atoms with E-state index in [4.69, 9.17) is 19.4 Å². The lowest BCUT2D eigenvalue weighted by atomic mass is 9.62. The third-order valence-electron chi connectivity index (χ3n) is 15.5. The summed E-state index contributed by atoms with van der Waals surface area (Å²) in [5, 5.41) is 15.7. The largest absolute Gasteiger partial charge is 0.507 e. The summed E-state index contributed by atoms with van der Waals surface area (Å²) < 4.78 is 9.15. The number of phenolic OH excluding ortho intramolecular Hbond substituents is 1. The lowest BCUT2D eigenvalue weighted by Gasteiger charge is -2.42. The van der Waals surface area contributed by atoms with Crippen molar-refractivity contribution in [3.63, 3.8) is 0 Å².